The molecule has 2 aliphatic heterocycles. The summed E-state index contributed by atoms with van der Waals surface area (Å²) in [5, 5.41) is 0. The molecule has 0 radical (unpaired) electrons. The van der Waals surface area contributed by atoms with Gasteiger partial charge in [-0.25, -0.2) is 0 Å². The van der Waals surface area contributed by atoms with Gasteiger partial charge in [0, 0.05) is 12.3 Å². The highest BCUT2D eigenvalue weighted by atomic mass is 32.2. The summed E-state index contributed by atoms with van der Waals surface area (Å²) in [6.45, 7) is 3.48. The summed E-state index contributed by atoms with van der Waals surface area (Å²) in [5.74, 6) is 4.62. The fraction of sp³-hybridized carbons (Fsp3) is 0.875. The molecule has 0 aromatic rings. The Kier molecular flexibility index (Phi) is 10.8. The highest BCUT2D eigenvalue weighted by Gasteiger charge is 2.22. The largest absolute Gasteiger partial charge is 0.465 e. The lowest BCUT2D eigenvalue weighted by Gasteiger charge is -2.20. The van der Waals surface area contributed by atoms with E-state index in [1.54, 1.807) is 0 Å². The van der Waals surface area contributed by atoms with E-state index in [1.165, 1.54) is 17.9 Å². The Labute approximate surface area is 142 Å². The van der Waals surface area contributed by atoms with Crippen LogP contribution in [0.4, 0.5) is 0 Å². The van der Waals surface area contributed by atoms with Gasteiger partial charge < -0.3 is 9.47 Å². The molecule has 2 heterocycles. The Morgan fingerprint density at radius 2 is 1.73 bits per heavy atom. The maximum Gasteiger partial charge on any atom is 0.306 e. The molecule has 0 aliphatic carbocycles. The SMILES string of the molecule is CCSCCC1CCC(=O)OC1.CSCCC1COC(=O)C1. The summed E-state index contributed by atoms with van der Waals surface area (Å²) in [4.78, 5) is 21.3. The number of rotatable bonds is 7. The van der Waals surface area contributed by atoms with Crippen LogP contribution < -0.4 is 0 Å². The highest BCUT2D eigenvalue weighted by Crippen LogP contribution is 2.20. The van der Waals surface area contributed by atoms with Crippen molar-refractivity contribution >= 4 is 35.5 Å². The second-order valence-corrected chi connectivity index (χ2v) is 7.99. The predicted octanol–water partition coefficient (Wildman–Crippen LogP) is 3.39. The highest BCUT2D eigenvalue weighted by molar-refractivity contribution is 7.99. The van der Waals surface area contributed by atoms with Gasteiger partial charge in [-0.05, 0) is 48.7 Å². The summed E-state index contributed by atoms with van der Waals surface area (Å²) in [6, 6.07) is 0. The fourth-order valence-electron chi connectivity index (χ4n) is 2.34. The Morgan fingerprint density at radius 1 is 1.05 bits per heavy atom. The van der Waals surface area contributed by atoms with Crippen LogP contribution in [0.2, 0.25) is 0 Å². The molecule has 0 saturated carbocycles. The standard InChI is InChI=1S/C9H16O2S.C7H12O2S/c1-2-12-6-5-8-3-4-9(10)11-7-8;1-10-3-2-6-4-7(8)9-5-6/h8H,2-7H2,1H3;6H,2-5H2,1H3. The number of thioether (sulfide) groups is 2. The minimum Gasteiger partial charge on any atom is -0.465 e. The Bertz CT molecular complexity index is 326. The van der Waals surface area contributed by atoms with E-state index in [1.807, 2.05) is 23.5 Å². The number of cyclic esters (lactones) is 2. The third kappa shape index (κ3) is 8.93. The monoisotopic (exact) mass is 348 g/mol. The molecule has 128 valence electrons. The molecule has 0 bridgehead atoms. The quantitative estimate of drug-likeness (QED) is 0.519. The average Bonchev–Trinajstić information content (AvgIpc) is 2.94. The van der Waals surface area contributed by atoms with E-state index < -0.39 is 0 Å². The van der Waals surface area contributed by atoms with Crippen LogP contribution in [0.25, 0.3) is 0 Å². The second kappa shape index (κ2) is 12.1. The zero-order valence-electron chi connectivity index (χ0n) is 13.7. The Hall–Kier alpha value is -0.360. The number of carbonyl (C=O) groups excluding carboxylic acids is 2. The maximum atomic E-state index is 10.7. The van der Waals surface area contributed by atoms with Crippen LogP contribution in [0, 0.1) is 11.8 Å². The number of ether oxygens (including phenoxy) is 2. The Balaban J connectivity index is 0.000000224. The van der Waals surface area contributed by atoms with Gasteiger partial charge >= 0.3 is 11.9 Å². The number of carbonyl (C=O) groups is 2. The van der Waals surface area contributed by atoms with Gasteiger partial charge in [-0.3, -0.25) is 9.59 Å². The Morgan fingerprint density at radius 3 is 2.27 bits per heavy atom. The minimum atomic E-state index is -0.0221. The van der Waals surface area contributed by atoms with Crippen molar-refractivity contribution < 1.29 is 19.1 Å². The third-order valence-corrected chi connectivity index (χ3v) is 5.35. The minimum absolute atomic E-state index is 0.0191. The van der Waals surface area contributed by atoms with Gasteiger partial charge in [0.15, 0.2) is 0 Å². The number of hydrogen-bond donors (Lipinski definition) is 0. The van der Waals surface area contributed by atoms with Gasteiger partial charge in [-0.2, -0.15) is 23.5 Å². The van der Waals surface area contributed by atoms with E-state index in [9.17, 15) is 9.59 Å². The van der Waals surface area contributed by atoms with Crippen LogP contribution in [0.5, 0.6) is 0 Å². The van der Waals surface area contributed by atoms with Gasteiger partial charge in [0.25, 0.3) is 0 Å². The van der Waals surface area contributed by atoms with Crippen molar-refractivity contribution in [3.8, 4) is 0 Å². The second-order valence-electron chi connectivity index (χ2n) is 5.61. The molecule has 6 heteroatoms. The van der Waals surface area contributed by atoms with E-state index in [4.69, 9.17) is 9.47 Å². The smallest absolute Gasteiger partial charge is 0.306 e. The fourth-order valence-corrected chi connectivity index (χ4v) is 3.70. The van der Waals surface area contributed by atoms with Crippen LogP contribution in [0.3, 0.4) is 0 Å². The molecular formula is C16H28O4S2. The normalized spacial score (nSPS) is 24.3. The van der Waals surface area contributed by atoms with Gasteiger partial charge in [-0.1, -0.05) is 6.92 Å². The molecule has 0 spiro atoms. The third-order valence-electron chi connectivity index (χ3n) is 3.78. The van der Waals surface area contributed by atoms with E-state index in [-0.39, 0.29) is 11.9 Å². The van der Waals surface area contributed by atoms with E-state index in [0.29, 0.717) is 37.9 Å². The van der Waals surface area contributed by atoms with Crippen molar-refractivity contribution in [2.45, 2.75) is 39.0 Å². The molecule has 2 saturated heterocycles. The van der Waals surface area contributed by atoms with Crippen molar-refractivity contribution in [3.05, 3.63) is 0 Å². The first-order valence-electron chi connectivity index (χ1n) is 8.03. The first-order valence-corrected chi connectivity index (χ1v) is 10.6. The van der Waals surface area contributed by atoms with Gasteiger partial charge in [-0.15, -0.1) is 0 Å². The lowest BCUT2D eigenvalue weighted by Crippen LogP contribution is -2.21. The van der Waals surface area contributed by atoms with Crippen LogP contribution in [0.15, 0.2) is 0 Å². The van der Waals surface area contributed by atoms with Crippen LogP contribution in [-0.4, -0.2) is 48.7 Å². The zero-order valence-corrected chi connectivity index (χ0v) is 15.3. The molecule has 2 fully saturated rings. The number of esters is 2. The summed E-state index contributed by atoms with van der Waals surface area (Å²) >= 11 is 3.78. The molecule has 2 atom stereocenters. The molecule has 0 aromatic heterocycles. The number of hydrogen-bond acceptors (Lipinski definition) is 6. The molecule has 2 unspecified atom stereocenters. The molecule has 2 rings (SSSR count). The molecule has 2 aliphatic rings. The van der Waals surface area contributed by atoms with E-state index >= 15 is 0 Å². The lowest BCUT2D eigenvalue weighted by atomic mass is 9.99. The average molecular weight is 349 g/mol. The molecule has 22 heavy (non-hydrogen) atoms. The van der Waals surface area contributed by atoms with Crippen molar-refractivity contribution in [1.82, 2.24) is 0 Å². The first-order chi connectivity index (χ1) is 10.7. The van der Waals surface area contributed by atoms with Crippen molar-refractivity contribution in [2.75, 3.05) is 36.7 Å². The summed E-state index contributed by atoms with van der Waals surface area (Å²) in [7, 11) is 0. The predicted molar refractivity (Wildman–Crippen MR) is 93.4 cm³/mol. The summed E-state index contributed by atoms with van der Waals surface area (Å²) < 4.78 is 9.79. The zero-order chi connectivity index (χ0) is 16.2. The van der Waals surface area contributed by atoms with Crippen LogP contribution in [0.1, 0.15) is 39.0 Å². The van der Waals surface area contributed by atoms with Crippen LogP contribution in [-0.2, 0) is 19.1 Å². The summed E-state index contributed by atoms with van der Waals surface area (Å²) in [5.41, 5.74) is 0. The van der Waals surface area contributed by atoms with Gasteiger partial charge in [0.05, 0.1) is 19.6 Å². The molecule has 0 N–H and O–H groups in total. The maximum absolute atomic E-state index is 10.7. The van der Waals surface area contributed by atoms with E-state index in [2.05, 4.69) is 13.2 Å². The molecular weight excluding hydrogens is 320 g/mol. The van der Waals surface area contributed by atoms with Crippen LogP contribution >= 0.6 is 23.5 Å². The van der Waals surface area contributed by atoms with Gasteiger partial charge in [0.2, 0.25) is 0 Å². The molecule has 0 amide bonds. The van der Waals surface area contributed by atoms with Crippen molar-refractivity contribution in [2.24, 2.45) is 11.8 Å². The lowest BCUT2D eigenvalue weighted by molar-refractivity contribution is -0.149. The topological polar surface area (TPSA) is 52.6 Å². The van der Waals surface area contributed by atoms with E-state index in [0.717, 1.165) is 18.6 Å². The molecule has 0 aromatic carbocycles. The molecule has 4 nitrogen and oxygen atoms in total. The van der Waals surface area contributed by atoms with Crippen molar-refractivity contribution in [3.63, 3.8) is 0 Å². The summed E-state index contributed by atoms with van der Waals surface area (Å²) in [6.07, 6.45) is 6.70. The van der Waals surface area contributed by atoms with Gasteiger partial charge in [0.1, 0.15) is 0 Å². The first kappa shape index (κ1) is 19.7. The van der Waals surface area contributed by atoms with Crippen molar-refractivity contribution in [1.29, 1.82) is 0 Å².